The molecule has 4 aliphatic carbocycles. The Hall–Kier alpha value is -1.22. The molecule has 3 N–H and O–H groups in total. The Kier molecular flexibility index (Phi) is 18.1. The van der Waals surface area contributed by atoms with Crippen LogP contribution in [0.2, 0.25) is 0 Å². The first kappa shape index (κ1) is 48.2. The van der Waals surface area contributed by atoms with Gasteiger partial charge in [-0.15, -0.1) is 0 Å². The molecule has 0 aliphatic heterocycles. The van der Waals surface area contributed by atoms with Crippen molar-refractivity contribution in [2.45, 2.75) is 197 Å². The minimum atomic E-state index is -0.969. The van der Waals surface area contributed by atoms with Crippen LogP contribution in [0.1, 0.15) is 179 Å². The van der Waals surface area contributed by atoms with Gasteiger partial charge in [-0.05, 0) is 141 Å². The standard InChI is InChI=1S/C31H47BrO6.C16H36N/c1-16(2)22(32)9-8-19(28(36)37)26-21-14-24(35)27-29(5)12-11-23(34)17(3)20(29)10-13-30(27,6)31(21,7)15-25(26)38-18(4)33;1-5-9-13-17(14-10-6-2,15-11-7-3)16-12-8-4/h17,20-21,23-25,27,34-35H,8-15H2,1-7H3,(H,36,37);5-16H2,1-4H3/q;+1/t17-,20?,21+,23+,24+,25-,27+,29-,30-,31-;/m0./s1. The number of ether oxygens (including phenoxy) is 1. The lowest BCUT2D eigenvalue weighted by molar-refractivity contribution is -0.929. The van der Waals surface area contributed by atoms with Crippen molar-refractivity contribution < 1.29 is 34.1 Å². The van der Waals surface area contributed by atoms with Crippen molar-refractivity contribution in [1.29, 1.82) is 0 Å². The number of halogens is 1. The maximum absolute atomic E-state index is 12.7. The van der Waals surface area contributed by atoms with Crippen molar-refractivity contribution in [2.24, 2.45) is 39.9 Å². The van der Waals surface area contributed by atoms with Crippen molar-refractivity contribution in [3.8, 4) is 0 Å². The Morgan fingerprint density at radius 2 is 1.33 bits per heavy atom. The molecule has 4 fully saturated rings. The van der Waals surface area contributed by atoms with Crippen LogP contribution in [0.4, 0.5) is 0 Å². The van der Waals surface area contributed by atoms with E-state index in [1.807, 2.05) is 13.8 Å². The molecule has 0 spiro atoms. The molecule has 1 unspecified atom stereocenters. The summed E-state index contributed by atoms with van der Waals surface area (Å²) in [5.74, 6) is -0.977. The summed E-state index contributed by atoms with van der Waals surface area (Å²) in [5.41, 5.74) is 1.45. The van der Waals surface area contributed by atoms with Gasteiger partial charge in [0.2, 0.25) is 0 Å². The Labute approximate surface area is 345 Å². The van der Waals surface area contributed by atoms with E-state index in [1.165, 1.54) is 89.0 Å². The zero-order chi connectivity index (χ0) is 41.4. The molecule has 0 saturated heterocycles. The summed E-state index contributed by atoms with van der Waals surface area (Å²) in [6, 6.07) is 0. The highest BCUT2D eigenvalue weighted by Crippen LogP contribution is 2.74. The quantitative estimate of drug-likeness (QED) is 0.0766. The number of quaternary nitrogens is 1. The molecule has 4 aliphatic rings. The highest BCUT2D eigenvalue weighted by molar-refractivity contribution is 9.11. The van der Waals surface area contributed by atoms with Crippen molar-refractivity contribution in [2.75, 3.05) is 26.2 Å². The number of aliphatic hydroxyl groups excluding tert-OH is 2. The second-order valence-corrected chi connectivity index (χ2v) is 20.3. The summed E-state index contributed by atoms with van der Waals surface area (Å²) in [7, 11) is 0. The molecule has 0 aromatic rings. The number of hydrogen-bond acceptors (Lipinski definition) is 5. The molecule has 0 heterocycles. The second-order valence-electron chi connectivity index (χ2n) is 19.4. The molecule has 4 saturated carbocycles. The van der Waals surface area contributed by atoms with Crippen LogP contribution in [-0.2, 0) is 14.3 Å². The maximum Gasteiger partial charge on any atom is 0.331 e. The van der Waals surface area contributed by atoms with Crippen molar-refractivity contribution in [1.82, 2.24) is 0 Å². The minimum Gasteiger partial charge on any atom is -0.478 e. The Morgan fingerprint density at radius 3 is 1.78 bits per heavy atom. The molecule has 8 heteroatoms. The van der Waals surface area contributed by atoms with E-state index in [1.54, 1.807) is 0 Å². The second kappa shape index (κ2) is 20.7. The molecule has 318 valence electrons. The fourth-order valence-corrected chi connectivity index (χ4v) is 12.6. The summed E-state index contributed by atoms with van der Waals surface area (Å²) in [6.07, 6.45) is 15.1. The van der Waals surface area contributed by atoms with E-state index < -0.39 is 24.1 Å². The predicted molar refractivity (Wildman–Crippen MR) is 230 cm³/mol. The predicted octanol–water partition coefficient (Wildman–Crippen LogP) is 11.4. The maximum atomic E-state index is 12.7. The van der Waals surface area contributed by atoms with Gasteiger partial charge in [0, 0.05) is 12.5 Å². The third-order valence-corrected chi connectivity index (χ3v) is 16.9. The number of nitrogens with zero attached hydrogens (tertiary/aromatic N) is 1. The van der Waals surface area contributed by atoms with Crippen molar-refractivity contribution in [3.63, 3.8) is 0 Å². The largest absolute Gasteiger partial charge is 0.478 e. The molecule has 0 aromatic heterocycles. The van der Waals surface area contributed by atoms with E-state index in [0.29, 0.717) is 42.7 Å². The number of carboxylic acid groups (broad SMARTS) is 1. The van der Waals surface area contributed by atoms with Gasteiger partial charge in [-0.25, -0.2) is 4.79 Å². The van der Waals surface area contributed by atoms with Crippen LogP contribution >= 0.6 is 15.9 Å². The average molecular weight is 838 g/mol. The van der Waals surface area contributed by atoms with Gasteiger partial charge in [0.1, 0.15) is 6.10 Å². The van der Waals surface area contributed by atoms with Crippen molar-refractivity contribution in [3.05, 3.63) is 21.2 Å². The van der Waals surface area contributed by atoms with E-state index in [4.69, 9.17) is 4.74 Å². The van der Waals surface area contributed by atoms with Gasteiger partial charge in [0.15, 0.2) is 0 Å². The first-order valence-corrected chi connectivity index (χ1v) is 23.3. The number of fused-ring (bicyclic) bond motifs is 5. The third kappa shape index (κ3) is 10.5. The highest BCUT2D eigenvalue weighted by Gasteiger charge is 2.70. The molecule has 0 amide bonds. The molecule has 0 aromatic carbocycles. The summed E-state index contributed by atoms with van der Waals surface area (Å²) in [5, 5.41) is 33.0. The fourth-order valence-electron chi connectivity index (χ4n) is 12.4. The molecule has 55 heavy (non-hydrogen) atoms. The van der Waals surface area contributed by atoms with Crippen LogP contribution < -0.4 is 0 Å². The molecule has 0 bridgehead atoms. The molecule has 4 rings (SSSR count). The average Bonchev–Trinajstić information content (AvgIpc) is 3.40. The van der Waals surface area contributed by atoms with E-state index in [-0.39, 0.29) is 40.1 Å². The van der Waals surface area contributed by atoms with E-state index >= 15 is 0 Å². The zero-order valence-electron chi connectivity index (χ0n) is 37.1. The lowest BCUT2D eigenvalue weighted by Gasteiger charge is -2.69. The normalized spacial score (nSPS) is 35.1. The van der Waals surface area contributed by atoms with Crippen molar-refractivity contribution >= 4 is 27.9 Å². The molecule has 7 nitrogen and oxygen atoms in total. The third-order valence-electron chi connectivity index (χ3n) is 15.7. The number of carboxylic acids is 1. The number of carbonyl (C=O) groups is 2. The van der Waals surface area contributed by atoms with Crippen LogP contribution in [0.5, 0.6) is 0 Å². The van der Waals surface area contributed by atoms with E-state index in [2.05, 4.69) is 71.3 Å². The zero-order valence-corrected chi connectivity index (χ0v) is 38.7. The van der Waals surface area contributed by atoms with Gasteiger partial charge in [-0.1, -0.05) is 103 Å². The fraction of sp³-hybridized carbons (Fsp3) is 0.872. The van der Waals surface area contributed by atoms with Gasteiger partial charge < -0.3 is 24.5 Å². The number of hydrogen-bond donors (Lipinski definition) is 3. The van der Waals surface area contributed by atoms with Gasteiger partial charge in [-0.3, -0.25) is 4.79 Å². The molecule has 10 atom stereocenters. The topological polar surface area (TPSA) is 104 Å². The Bertz CT molecular complexity index is 1300. The van der Waals surface area contributed by atoms with Crippen LogP contribution in [0.25, 0.3) is 0 Å². The van der Waals surface area contributed by atoms with Gasteiger partial charge in [0.25, 0.3) is 0 Å². The van der Waals surface area contributed by atoms with E-state index in [0.717, 1.165) is 35.7 Å². The number of allylic oxidation sites excluding steroid dienone is 2. The number of rotatable bonds is 17. The molecular formula is C47H83BrNO6+. The number of unbranched alkanes of at least 4 members (excludes halogenated alkanes) is 4. The van der Waals surface area contributed by atoms with Gasteiger partial charge in [-0.2, -0.15) is 0 Å². The number of aliphatic carboxylic acids is 1. The van der Waals surface area contributed by atoms with Crippen LogP contribution in [0, 0.1) is 39.9 Å². The molecule has 0 radical (unpaired) electrons. The smallest absolute Gasteiger partial charge is 0.331 e. The summed E-state index contributed by atoms with van der Waals surface area (Å²) in [6.45, 7) is 29.4. The van der Waals surface area contributed by atoms with E-state index in [9.17, 15) is 24.9 Å². The number of esters is 1. The lowest BCUT2D eigenvalue weighted by atomic mass is 9.36. The first-order valence-electron chi connectivity index (χ1n) is 22.5. The van der Waals surface area contributed by atoms with Gasteiger partial charge >= 0.3 is 11.9 Å². The number of carbonyl (C=O) groups excluding carboxylic acids is 1. The lowest BCUT2D eigenvalue weighted by Crippen LogP contribution is -2.65. The van der Waals surface area contributed by atoms with Crippen LogP contribution in [0.15, 0.2) is 21.2 Å². The van der Waals surface area contributed by atoms with Gasteiger partial charge in [0.05, 0.1) is 38.4 Å². The van der Waals surface area contributed by atoms with Crippen LogP contribution in [0.3, 0.4) is 0 Å². The SMILES string of the molecule is CC(=O)O[C@H]1C[C@@]2(C)[C@H](C[C@@H](O)[C@@H]3[C@@]4(C)CC[C@@H](O)[C@@H](C)C4CC[C@@]32C)C1=C(CCC(Br)=C(C)C)C(=O)O.CCCC[N+](CCCC)(CCCC)CCCC. The molecular weight excluding hydrogens is 754 g/mol. The van der Waals surface area contributed by atoms with Crippen LogP contribution in [-0.4, -0.2) is 76.2 Å². The Balaban J connectivity index is 0.000000404. The summed E-state index contributed by atoms with van der Waals surface area (Å²) >= 11 is 3.60. The highest BCUT2D eigenvalue weighted by atomic mass is 79.9. The minimum absolute atomic E-state index is 0.0374. The summed E-state index contributed by atoms with van der Waals surface area (Å²) in [4.78, 5) is 25.0. The first-order chi connectivity index (χ1) is 25.8. The summed E-state index contributed by atoms with van der Waals surface area (Å²) < 4.78 is 8.29. The Morgan fingerprint density at radius 1 is 0.800 bits per heavy atom. The number of aliphatic hydroxyl groups is 2. The monoisotopic (exact) mass is 837 g/mol.